The molecule has 1 N–H and O–H groups in total. The van der Waals surface area contributed by atoms with Crippen LogP contribution >= 0.6 is 0 Å². The predicted molar refractivity (Wildman–Crippen MR) is 92.4 cm³/mol. The van der Waals surface area contributed by atoms with E-state index in [1.807, 2.05) is 13.8 Å². The Bertz CT molecular complexity index is 761. The second-order valence-electron chi connectivity index (χ2n) is 6.21. The van der Waals surface area contributed by atoms with E-state index in [4.69, 9.17) is 0 Å². The molecule has 0 amide bonds. The Hall–Kier alpha value is -1.83. The van der Waals surface area contributed by atoms with Gasteiger partial charge < -0.3 is 5.32 Å². The van der Waals surface area contributed by atoms with E-state index < -0.39 is 29.1 Å². The van der Waals surface area contributed by atoms with E-state index in [1.54, 1.807) is 0 Å². The predicted octanol–water partition coefficient (Wildman–Crippen LogP) is 5.98. The van der Waals surface area contributed by atoms with Gasteiger partial charge in [-0.3, -0.25) is 0 Å². The molecule has 1 saturated heterocycles. The van der Waals surface area contributed by atoms with E-state index in [1.165, 1.54) is 12.1 Å². The van der Waals surface area contributed by atoms with Crippen LogP contribution in [0, 0.1) is 0 Å². The highest BCUT2D eigenvalue weighted by Crippen LogP contribution is 2.38. The van der Waals surface area contributed by atoms with Gasteiger partial charge in [0, 0.05) is 11.4 Å². The minimum atomic E-state index is -4.80. The third kappa shape index (κ3) is 5.12. The molecule has 2 aromatic rings. The van der Waals surface area contributed by atoms with Crippen LogP contribution in [0.1, 0.15) is 49.9 Å². The van der Waals surface area contributed by atoms with Gasteiger partial charge in [0.1, 0.15) is 5.69 Å². The Morgan fingerprint density at radius 1 is 1.04 bits per heavy atom. The first-order chi connectivity index (χ1) is 12.7. The average molecular weight is 392 g/mol. The first-order valence-electron chi connectivity index (χ1n) is 8.96. The number of aromatic nitrogens is 1. The first-order valence-corrected chi connectivity index (χ1v) is 8.96. The Balaban J connectivity index is 0.00000126. The fourth-order valence-corrected chi connectivity index (χ4v) is 3.23. The van der Waals surface area contributed by atoms with Crippen LogP contribution in [-0.4, -0.2) is 17.6 Å². The summed E-state index contributed by atoms with van der Waals surface area (Å²) in [6, 6.07) is 4.19. The number of hydrogen-bond acceptors (Lipinski definition) is 2. The average Bonchev–Trinajstić information content (AvgIpc) is 2.62. The molecule has 1 aliphatic rings. The first kappa shape index (κ1) is 21.5. The lowest BCUT2D eigenvalue weighted by Crippen LogP contribution is -2.35. The highest BCUT2D eigenvalue weighted by molar-refractivity contribution is 5.86. The zero-order valence-electron chi connectivity index (χ0n) is 15.1. The van der Waals surface area contributed by atoms with Crippen LogP contribution in [0.25, 0.3) is 10.9 Å². The number of para-hydroxylation sites is 1. The number of alkyl halides is 6. The standard InChI is InChI=1S/C17H16F6N2.C2H6/c18-16(19,20)13-6-3-5-12-10(8-11-4-1-2-7-24-11)9-14(17(21,22)23)25-15(12)13;1-2/h3,5-6,9,11,24H,1-2,4,7-8H2;1-2H3. The highest BCUT2D eigenvalue weighted by Gasteiger charge is 2.37. The number of pyridine rings is 1. The van der Waals surface area contributed by atoms with Crippen molar-refractivity contribution >= 4 is 10.9 Å². The van der Waals surface area contributed by atoms with Gasteiger partial charge in [-0.25, -0.2) is 4.98 Å². The summed E-state index contributed by atoms with van der Waals surface area (Å²) in [5, 5.41) is 3.33. The summed E-state index contributed by atoms with van der Waals surface area (Å²) >= 11 is 0. The SMILES string of the molecule is CC.FC(F)(F)c1cc(CC2CCCCN2)c2cccc(C(F)(F)F)c2n1. The molecule has 0 spiro atoms. The summed E-state index contributed by atoms with van der Waals surface area (Å²) in [4.78, 5) is 3.30. The van der Waals surface area contributed by atoms with E-state index in [2.05, 4.69) is 10.3 Å². The number of hydrogen-bond donors (Lipinski definition) is 1. The van der Waals surface area contributed by atoms with Crippen LogP contribution in [0.3, 0.4) is 0 Å². The molecule has 3 rings (SSSR count). The van der Waals surface area contributed by atoms with Crippen molar-refractivity contribution in [1.82, 2.24) is 10.3 Å². The van der Waals surface area contributed by atoms with Crippen molar-refractivity contribution in [3.63, 3.8) is 0 Å². The zero-order chi connectivity index (χ0) is 20.2. The minimum Gasteiger partial charge on any atom is -0.314 e. The molecule has 1 aromatic heterocycles. The Kier molecular flexibility index (Phi) is 6.72. The molecule has 2 nitrogen and oxygen atoms in total. The number of benzene rings is 1. The van der Waals surface area contributed by atoms with Crippen molar-refractivity contribution in [1.29, 1.82) is 0 Å². The lowest BCUT2D eigenvalue weighted by Gasteiger charge is -2.24. The molecule has 27 heavy (non-hydrogen) atoms. The van der Waals surface area contributed by atoms with E-state index in [0.29, 0.717) is 0 Å². The molecule has 1 aromatic carbocycles. The van der Waals surface area contributed by atoms with Crippen molar-refractivity contribution < 1.29 is 26.3 Å². The summed E-state index contributed by atoms with van der Waals surface area (Å²) in [6.07, 6.45) is -6.62. The van der Waals surface area contributed by atoms with E-state index in [0.717, 1.165) is 37.9 Å². The number of halogens is 6. The molecule has 8 heteroatoms. The fraction of sp³-hybridized carbons (Fsp3) is 0.526. The van der Waals surface area contributed by atoms with Crippen molar-refractivity contribution in [2.24, 2.45) is 0 Å². The quantitative estimate of drug-likeness (QED) is 0.636. The Labute approximate surface area is 154 Å². The number of piperidine rings is 1. The van der Waals surface area contributed by atoms with Crippen LogP contribution in [-0.2, 0) is 18.8 Å². The zero-order valence-corrected chi connectivity index (χ0v) is 15.1. The monoisotopic (exact) mass is 392 g/mol. The number of fused-ring (bicyclic) bond motifs is 1. The smallest absolute Gasteiger partial charge is 0.314 e. The van der Waals surface area contributed by atoms with Crippen molar-refractivity contribution in [3.8, 4) is 0 Å². The largest absolute Gasteiger partial charge is 0.433 e. The van der Waals surface area contributed by atoms with Crippen molar-refractivity contribution in [3.05, 3.63) is 41.1 Å². The molecule has 1 fully saturated rings. The second-order valence-corrected chi connectivity index (χ2v) is 6.21. The summed E-state index contributed by atoms with van der Waals surface area (Å²) in [6.45, 7) is 4.76. The van der Waals surface area contributed by atoms with Gasteiger partial charge in [0.15, 0.2) is 0 Å². The number of nitrogens with one attached hydrogen (secondary N) is 1. The maximum atomic E-state index is 13.2. The van der Waals surface area contributed by atoms with Gasteiger partial charge in [0.25, 0.3) is 0 Å². The molecule has 0 saturated carbocycles. The molecule has 0 radical (unpaired) electrons. The Morgan fingerprint density at radius 3 is 2.30 bits per heavy atom. The van der Waals surface area contributed by atoms with Gasteiger partial charge in [0.2, 0.25) is 0 Å². The van der Waals surface area contributed by atoms with Crippen molar-refractivity contribution in [2.75, 3.05) is 6.54 Å². The molecular formula is C19H22F6N2. The van der Waals surface area contributed by atoms with Gasteiger partial charge in [-0.15, -0.1) is 0 Å². The lowest BCUT2D eigenvalue weighted by atomic mass is 9.94. The van der Waals surface area contributed by atoms with Crippen LogP contribution in [0.2, 0.25) is 0 Å². The molecule has 1 unspecified atom stereocenters. The molecule has 1 atom stereocenters. The summed E-state index contributed by atoms with van der Waals surface area (Å²) in [5.41, 5.74) is -2.84. The van der Waals surface area contributed by atoms with Gasteiger partial charge in [-0.1, -0.05) is 32.4 Å². The molecule has 150 valence electrons. The third-order valence-electron chi connectivity index (χ3n) is 4.40. The topological polar surface area (TPSA) is 24.9 Å². The molecule has 2 heterocycles. The Morgan fingerprint density at radius 2 is 1.74 bits per heavy atom. The van der Waals surface area contributed by atoms with Gasteiger partial charge in [0.05, 0.1) is 11.1 Å². The van der Waals surface area contributed by atoms with Crippen LogP contribution in [0.15, 0.2) is 24.3 Å². The summed E-state index contributed by atoms with van der Waals surface area (Å²) < 4.78 is 79.0. The maximum Gasteiger partial charge on any atom is 0.433 e. The molecular weight excluding hydrogens is 370 g/mol. The minimum absolute atomic E-state index is 0.0463. The highest BCUT2D eigenvalue weighted by atomic mass is 19.4. The molecule has 1 aliphatic heterocycles. The van der Waals surface area contributed by atoms with Crippen LogP contribution in [0.5, 0.6) is 0 Å². The molecule has 0 bridgehead atoms. The molecule has 0 aliphatic carbocycles. The van der Waals surface area contributed by atoms with Crippen molar-refractivity contribution in [2.45, 2.75) is 57.9 Å². The summed E-state index contributed by atoms with van der Waals surface area (Å²) in [7, 11) is 0. The maximum absolute atomic E-state index is 13.2. The van der Waals surface area contributed by atoms with E-state index in [-0.39, 0.29) is 23.4 Å². The normalized spacial score (nSPS) is 18.1. The van der Waals surface area contributed by atoms with E-state index >= 15 is 0 Å². The lowest BCUT2D eigenvalue weighted by molar-refractivity contribution is -0.142. The van der Waals surface area contributed by atoms with E-state index in [9.17, 15) is 26.3 Å². The third-order valence-corrected chi connectivity index (χ3v) is 4.40. The summed E-state index contributed by atoms with van der Waals surface area (Å²) in [5.74, 6) is 0. The number of nitrogens with zero attached hydrogens (tertiary/aromatic N) is 1. The van der Waals surface area contributed by atoms with Gasteiger partial charge in [-0.05, 0) is 43.5 Å². The van der Waals surface area contributed by atoms with Gasteiger partial charge >= 0.3 is 12.4 Å². The van der Waals surface area contributed by atoms with Crippen LogP contribution < -0.4 is 5.32 Å². The van der Waals surface area contributed by atoms with Crippen LogP contribution in [0.4, 0.5) is 26.3 Å². The fourth-order valence-electron chi connectivity index (χ4n) is 3.23. The second kappa shape index (κ2) is 8.46. The number of rotatable bonds is 2. The van der Waals surface area contributed by atoms with Gasteiger partial charge in [-0.2, -0.15) is 26.3 Å².